The fourth-order valence-corrected chi connectivity index (χ4v) is 2.52. The standard InChI is InChI=1S/C20H21N5O/c1-25(13-7-16-2-8-21-9-3-16)20(26)18-6-12-23-19(14-18)24-15-17-4-10-22-11-5-17/h2-6,8-12,14H,7,13,15H2,1H3,(H,23,24). The Labute approximate surface area is 153 Å². The third-order valence-corrected chi connectivity index (χ3v) is 4.06. The molecule has 0 spiro atoms. The summed E-state index contributed by atoms with van der Waals surface area (Å²) < 4.78 is 0. The lowest BCUT2D eigenvalue weighted by Gasteiger charge is -2.17. The first-order valence-corrected chi connectivity index (χ1v) is 8.45. The molecule has 6 nitrogen and oxygen atoms in total. The van der Waals surface area contributed by atoms with Crippen molar-refractivity contribution in [1.82, 2.24) is 19.9 Å². The van der Waals surface area contributed by atoms with Crippen molar-refractivity contribution in [3.8, 4) is 0 Å². The van der Waals surface area contributed by atoms with E-state index < -0.39 is 0 Å². The molecule has 3 rings (SSSR count). The highest BCUT2D eigenvalue weighted by molar-refractivity contribution is 5.94. The number of hydrogen-bond donors (Lipinski definition) is 1. The summed E-state index contributed by atoms with van der Waals surface area (Å²) in [4.78, 5) is 26.7. The van der Waals surface area contributed by atoms with Gasteiger partial charge in [0, 0.05) is 56.7 Å². The van der Waals surface area contributed by atoms with Gasteiger partial charge in [-0.05, 0) is 53.9 Å². The van der Waals surface area contributed by atoms with E-state index in [4.69, 9.17) is 0 Å². The Morgan fingerprint density at radius 1 is 0.962 bits per heavy atom. The molecule has 0 saturated carbocycles. The molecule has 6 heteroatoms. The number of nitrogens with one attached hydrogen (secondary N) is 1. The first kappa shape index (κ1) is 17.5. The Morgan fingerprint density at radius 3 is 2.31 bits per heavy atom. The lowest BCUT2D eigenvalue weighted by atomic mass is 10.2. The average Bonchev–Trinajstić information content (AvgIpc) is 2.71. The van der Waals surface area contributed by atoms with Crippen molar-refractivity contribution in [3.63, 3.8) is 0 Å². The summed E-state index contributed by atoms with van der Waals surface area (Å²) in [7, 11) is 1.81. The molecule has 3 aromatic rings. The van der Waals surface area contributed by atoms with Crippen LogP contribution in [0.1, 0.15) is 21.5 Å². The number of likely N-dealkylation sites (N-methyl/N-ethyl adjacent to an activating group) is 1. The topological polar surface area (TPSA) is 71.0 Å². The van der Waals surface area contributed by atoms with Crippen LogP contribution < -0.4 is 5.32 Å². The summed E-state index contributed by atoms with van der Waals surface area (Å²) in [5.74, 6) is 0.656. The van der Waals surface area contributed by atoms with Crippen LogP contribution in [0.2, 0.25) is 0 Å². The highest BCUT2D eigenvalue weighted by Crippen LogP contribution is 2.11. The summed E-state index contributed by atoms with van der Waals surface area (Å²) >= 11 is 0. The predicted molar refractivity (Wildman–Crippen MR) is 101 cm³/mol. The quantitative estimate of drug-likeness (QED) is 0.712. The molecule has 0 bridgehead atoms. The second-order valence-corrected chi connectivity index (χ2v) is 5.97. The molecule has 0 aliphatic heterocycles. The summed E-state index contributed by atoms with van der Waals surface area (Å²) in [6.07, 6.45) is 9.48. The molecular weight excluding hydrogens is 326 g/mol. The Balaban J connectivity index is 1.58. The summed E-state index contributed by atoms with van der Waals surface area (Å²) in [6.45, 7) is 1.27. The molecule has 3 aromatic heterocycles. The zero-order valence-electron chi connectivity index (χ0n) is 14.7. The number of pyridine rings is 3. The van der Waals surface area contributed by atoms with Gasteiger partial charge < -0.3 is 10.2 Å². The number of aromatic nitrogens is 3. The molecule has 0 aromatic carbocycles. The van der Waals surface area contributed by atoms with Gasteiger partial charge in [0.05, 0.1) is 0 Å². The number of nitrogens with zero attached hydrogens (tertiary/aromatic N) is 4. The SMILES string of the molecule is CN(CCc1ccncc1)C(=O)c1ccnc(NCc2ccncc2)c1. The number of amides is 1. The van der Waals surface area contributed by atoms with E-state index in [1.807, 2.05) is 31.3 Å². The molecule has 0 saturated heterocycles. The maximum atomic E-state index is 12.6. The van der Waals surface area contributed by atoms with Gasteiger partial charge in [-0.2, -0.15) is 0 Å². The fraction of sp³-hybridized carbons (Fsp3) is 0.200. The highest BCUT2D eigenvalue weighted by Gasteiger charge is 2.12. The molecule has 0 atom stereocenters. The highest BCUT2D eigenvalue weighted by atomic mass is 16.2. The van der Waals surface area contributed by atoms with Crippen molar-refractivity contribution < 1.29 is 4.79 Å². The molecule has 0 radical (unpaired) electrons. The average molecular weight is 347 g/mol. The van der Waals surface area contributed by atoms with E-state index in [1.165, 1.54) is 0 Å². The fourth-order valence-electron chi connectivity index (χ4n) is 2.52. The largest absolute Gasteiger partial charge is 0.366 e. The zero-order chi connectivity index (χ0) is 18.2. The van der Waals surface area contributed by atoms with E-state index in [1.54, 1.807) is 48.0 Å². The van der Waals surface area contributed by atoms with Gasteiger partial charge in [0.2, 0.25) is 0 Å². The number of carbonyl (C=O) groups excluding carboxylic acids is 1. The molecule has 0 aliphatic carbocycles. The number of hydrogen-bond acceptors (Lipinski definition) is 5. The second-order valence-electron chi connectivity index (χ2n) is 5.97. The Kier molecular flexibility index (Phi) is 5.88. The summed E-state index contributed by atoms with van der Waals surface area (Å²) in [5.41, 5.74) is 2.89. The van der Waals surface area contributed by atoms with Crippen LogP contribution in [0.5, 0.6) is 0 Å². The Bertz CT molecular complexity index is 839. The third-order valence-electron chi connectivity index (χ3n) is 4.06. The van der Waals surface area contributed by atoms with Crippen LogP contribution in [0.3, 0.4) is 0 Å². The van der Waals surface area contributed by atoms with E-state index in [2.05, 4.69) is 20.3 Å². The molecule has 1 N–H and O–H groups in total. The van der Waals surface area contributed by atoms with Crippen molar-refractivity contribution in [2.24, 2.45) is 0 Å². The lowest BCUT2D eigenvalue weighted by molar-refractivity contribution is 0.0796. The van der Waals surface area contributed by atoms with Gasteiger partial charge >= 0.3 is 0 Å². The second kappa shape index (κ2) is 8.71. The lowest BCUT2D eigenvalue weighted by Crippen LogP contribution is -2.29. The van der Waals surface area contributed by atoms with Crippen LogP contribution in [0.25, 0.3) is 0 Å². The molecule has 132 valence electrons. The van der Waals surface area contributed by atoms with Gasteiger partial charge in [-0.25, -0.2) is 4.98 Å². The van der Waals surface area contributed by atoms with Gasteiger partial charge in [0.1, 0.15) is 5.82 Å². The number of anilines is 1. The maximum absolute atomic E-state index is 12.6. The van der Waals surface area contributed by atoms with Crippen LogP contribution in [-0.2, 0) is 13.0 Å². The maximum Gasteiger partial charge on any atom is 0.253 e. The van der Waals surface area contributed by atoms with Crippen molar-refractivity contribution in [3.05, 3.63) is 84.1 Å². The number of rotatable bonds is 7. The number of carbonyl (C=O) groups is 1. The van der Waals surface area contributed by atoms with Crippen molar-refractivity contribution in [2.45, 2.75) is 13.0 Å². The normalized spacial score (nSPS) is 10.3. The zero-order valence-corrected chi connectivity index (χ0v) is 14.7. The molecule has 1 amide bonds. The van der Waals surface area contributed by atoms with Crippen LogP contribution >= 0.6 is 0 Å². The Hall–Kier alpha value is -3.28. The minimum atomic E-state index is -0.0200. The molecule has 26 heavy (non-hydrogen) atoms. The van der Waals surface area contributed by atoms with Gasteiger partial charge in [-0.3, -0.25) is 14.8 Å². The van der Waals surface area contributed by atoms with Crippen LogP contribution in [0.4, 0.5) is 5.82 Å². The minimum Gasteiger partial charge on any atom is -0.366 e. The first-order valence-electron chi connectivity index (χ1n) is 8.45. The molecular formula is C20H21N5O. The van der Waals surface area contributed by atoms with E-state index in [-0.39, 0.29) is 5.91 Å². The molecule has 0 unspecified atom stereocenters. The van der Waals surface area contributed by atoms with Crippen LogP contribution in [-0.4, -0.2) is 39.4 Å². The van der Waals surface area contributed by atoms with Crippen molar-refractivity contribution >= 4 is 11.7 Å². The van der Waals surface area contributed by atoms with Gasteiger partial charge in [0.25, 0.3) is 5.91 Å². The van der Waals surface area contributed by atoms with Crippen LogP contribution in [0.15, 0.2) is 67.4 Å². The Morgan fingerprint density at radius 2 is 1.62 bits per heavy atom. The smallest absolute Gasteiger partial charge is 0.253 e. The molecule has 3 heterocycles. The molecule has 0 fully saturated rings. The van der Waals surface area contributed by atoms with Crippen molar-refractivity contribution in [2.75, 3.05) is 18.9 Å². The van der Waals surface area contributed by atoms with E-state index in [0.717, 1.165) is 17.5 Å². The van der Waals surface area contributed by atoms with Gasteiger partial charge in [-0.15, -0.1) is 0 Å². The summed E-state index contributed by atoms with van der Waals surface area (Å²) in [5, 5.41) is 3.24. The first-order chi connectivity index (χ1) is 12.7. The predicted octanol–water partition coefficient (Wildman–Crippen LogP) is 2.80. The molecule has 0 aliphatic rings. The van der Waals surface area contributed by atoms with Gasteiger partial charge in [-0.1, -0.05) is 0 Å². The minimum absolute atomic E-state index is 0.0200. The van der Waals surface area contributed by atoms with Gasteiger partial charge in [0.15, 0.2) is 0 Å². The van der Waals surface area contributed by atoms with E-state index in [0.29, 0.717) is 24.5 Å². The summed E-state index contributed by atoms with van der Waals surface area (Å²) in [6, 6.07) is 11.3. The van der Waals surface area contributed by atoms with E-state index in [9.17, 15) is 4.79 Å². The monoisotopic (exact) mass is 347 g/mol. The third kappa shape index (κ3) is 4.86. The van der Waals surface area contributed by atoms with Crippen molar-refractivity contribution in [1.29, 1.82) is 0 Å². The van der Waals surface area contributed by atoms with E-state index >= 15 is 0 Å². The van der Waals surface area contributed by atoms with Crippen LogP contribution in [0, 0.1) is 0 Å².